The minimum Gasteiger partial charge on any atom is -0.460 e. The average Bonchev–Trinajstić information content (AvgIpc) is 2.15. The lowest BCUT2D eigenvalue weighted by Crippen LogP contribution is -2.38. The lowest BCUT2D eigenvalue weighted by molar-refractivity contribution is -0.147. The van der Waals surface area contributed by atoms with Crippen molar-refractivity contribution in [2.24, 2.45) is 0 Å². The molecule has 19 heavy (non-hydrogen) atoms. The monoisotopic (exact) mass is 382 g/mol. The van der Waals surface area contributed by atoms with Gasteiger partial charge in [-0.25, -0.2) is 0 Å². The van der Waals surface area contributed by atoms with Crippen LogP contribution < -0.4 is 0 Å². The second-order valence-corrected chi connectivity index (χ2v) is 6.25. The first-order chi connectivity index (χ1) is 8.36. The number of methoxy groups -OCH3 is 1. The number of carbonyl (C=O) groups excluding carboxylic acids is 1. The Kier molecular flexibility index (Phi) is 11.2. The van der Waals surface area contributed by atoms with Crippen LogP contribution in [0.1, 0.15) is 13.8 Å². The number of carbonyl (C=O) groups is 1. The van der Waals surface area contributed by atoms with Crippen LogP contribution in [0, 0.1) is 0 Å². The van der Waals surface area contributed by atoms with Gasteiger partial charge in [0.05, 0.1) is 6.61 Å². The van der Waals surface area contributed by atoms with E-state index in [0.717, 1.165) is 0 Å². The van der Waals surface area contributed by atoms with E-state index in [0.29, 0.717) is 6.61 Å². The standard InChI is InChI=1S/C6H12O3.C3HCl5F2/c1-5(4-8-3)9-6(2)7;4-1(5)2(6,7)3(8,9)10/h5H,4H2,1-3H3;1H. The maximum atomic E-state index is 12.1. The number of hydrogen-bond donors (Lipinski definition) is 0. The fourth-order valence-corrected chi connectivity index (χ4v) is 1.17. The third-order valence-corrected chi connectivity index (χ3v) is 3.92. The highest BCUT2D eigenvalue weighted by molar-refractivity contribution is 6.62. The van der Waals surface area contributed by atoms with E-state index >= 15 is 0 Å². The number of esters is 1. The summed E-state index contributed by atoms with van der Waals surface area (Å²) in [6.07, 6.45) is -0.132. The minimum atomic E-state index is -3.84. The summed E-state index contributed by atoms with van der Waals surface area (Å²) in [5.74, 6) is -0.264. The van der Waals surface area contributed by atoms with Gasteiger partial charge in [-0.3, -0.25) is 4.79 Å². The van der Waals surface area contributed by atoms with E-state index in [2.05, 4.69) is 11.6 Å². The number of halogens is 7. The van der Waals surface area contributed by atoms with Gasteiger partial charge in [0, 0.05) is 14.0 Å². The largest absolute Gasteiger partial charge is 0.460 e. The van der Waals surface area contributed by atoms with Gasteiger partial charge in [0.2, 0.25) is 4.33 Å². The normalized spacial score (nSPS) is 13.6. The summed E-state index contributed by atoms with van der Waals surface area (Å²) < 4.78 is 31.0. The summed E-state index contributed by atoms with van der Waals surface area (Å²) in [5, 5.41) is -3.84. The van der Waals surface area contributed by atoms with E-state index < -0.39 is 14.6 Å². The van der Waals surface area contributed by atoms with Gasteiger partial charge in [-0.05, 0) is 18.5 Å². The maximum absolute atomic E-state index is 12.1. The van der Waals surface area contributed by atoms with Crippen molar-refractivity contribution >= 4 is 64.0 Å². The molecular formula is C9H13Cl5F2O3. The highest BCUT2D eigenvalue weighted by Gasteiger charge is 2.54. The Morgan fingerprint density at radius 3 is 1.84 bits per heavy atom. The minimum absolute atomic E-state index is 0.132. The molecular weight excluding hydrogens is 371 g/mol. The average molecular weight is 384 g/mol. The second-order valence-electron chi connectivity index (χ2n) is 3.30. The van der Waals surface area contributed by atoms with E-state index in [4.69, 9.17) is 55.9 Å². The Hall–Kier alpha value is 0.740. The predicted molar refractivity (Wildman–Crippen MR) is 73.8 cm³/mol. The summed E-state index contributed by atoms with van der Waals surface area (Å²) in [4.78, 5) is 8.60. The van der Waals surface area contributed by atoms with Gasteiger partial charge in [-0.15, -0.1) is 23.2 Å². The molecule has 0 saturated heterocycles. The first-order valence-corrected chi connectivity index (χ1v) is 6.75. The van der Waals surface area contributed by atoms with Crippen molar-refractivity contribution in [2.75, 3.05) is 13.7 Å². The van der Waals surface area contributed by atoms with Gasteiger partial charge in [0.25, 0.3) is 0 Å². The molecule has 0 radical (unpaired) electrons. The predicted octanol–water partition coefficient (Wildman–Crippen LogP) is 4.38. The summed E-state index contributed by atoms with van der Waals surface area (Å²) in [7, 11) is 1.57. The van der Waals surface area contributed by atoms with Gasteiger partial charge in [-0.2, -0.15) is 8.78 Å². The lowest BCUT2D eigenvalue weighted by Gasteiger charge is -2.24. The van der Waals surface area contributed by atoms with Crippen LogP contribution in [0.3, 0.4) is 0 Å². The number of rotatable bonds is 5. The van der Waals surface area contributed by atoms with Gasteiger partial charge in [0.15, 0.2) is 0 Å². The summed E-state index contributed by atoms with van der Waals surface area (Å²) in [5.41, 5.74) is 0. The van der Waals surface area contributed by atoms with E-state index in [1.165, 1.54) is 6.92 Å². The zero-order chi connectivity index (χ0) is 15.9. The fourth-order valence-electron chi connectivity index (χ4n) is 0.676. The van der Waals surface area contributed by atoms with E-state index in [-0.39, 0.29) is 12.1 Å². The van der Waals surface area contributed by atoms with Crippen molar-refractivity contribution in [3.8, 4) is 0 Å². The molecule has 0 aliphatic heterocycles. The number of ether oxygens (including phenoxy) is 2. The van der Waals surface area contributed by atoms with Gasteiger partial charge >= 0.3 is 11.4 Å². The Balaban J connectivity index is 0. The van der Waals surface area contributed by atoms with Crippen molar-refractivity contribution in [3.63, 3.8) is 0 Å². The van der Waals surface area contributed by atoms with Crippen molar-refractivity contribution in [1.29, 1.82) is 0 Å². The van der Waals surface area contributed by atoms with Crippen molar-refractivity contribution < 1.29 is 23.0 Å². The third-order valence-electron chi connectivity index (χ3n) is 1.42. The van der Waals surface area contributed by atoms with Crippen LogP contribution in [-0.4, -0.2) is 40.3 Å². The van der Waals surface area contributed by atoms with Crippen LogP contribution in [0.15, 0.2) is 0 Å². The van der Waals surface area contributed by atoms with Gasteiger partial charge in [-0.1, -0.05) is 23.2 Å². The summed E-state index contributed by atoms with van der Waals surface area (Å²) in [6.45, 7) is 3.62. The molecule has 3 nitrogen and oxygen atoms in total. The summed E-state index contributed by atoms with van der Waals surface area (Å²) >= 11 is 24.4. The summed E-state index contributed by atoms with van der Waals surface area (Å²) in [6, 6.07) is 0. The Bertz CT molecular complexity index is 271. The zero-order valence-electron chi connectivity index (χ0n) is 10.2. The molecule has 0 aromatic heterocycles. The maximum Gasteiger partial charge on any atom is 0.356 e. The molecule has 0 saturated carbocycles. The Morgan fingerprint density at radius 2 is 1.68 bits per heavy atom. The van der Waals surface area contributed by atoms with Crippen LogP contribution in [-0.2, 0) is 14.3 Å². The Morgan fingerprint density at radius 1 is 1.26 bits per heavy atom. The van der Waals surface area contributed by atoms with Crippen LogP contribution in [0.4, 0.5) is 8.78 Å². The van der Waals surface area contributed by atoms with E-state index in [1.54, 1.807) is 14.0 Å². The molecule has 0 aliphatic carbocycles. The molecule has 0 fully saturated rings. The van der Waals surface area contributed by atoms with Crippen LogP contribution >= 0.6 is 58.0 Å². The molecule has 0 N–H and O–H groups in total. The lowest BCUT2D eigenvalue weighted by atomic mass is 10.4. The molecule has 116 valence electrons. The number of alkyl halides is 7. The van der Waals surface area contributed by atoms with Crippen molar-refractivity contribution in [3.05, 3.63) is 0 Å². The molecule has 0 aromatic carbocycles. The molecule has 0 aromatic rings. The van der Waals surface area contributed by atoms with Crippen LogP contribution in [0.2, 0.25) is 0 Å². The van der Waals surface area contributed by atoms with Crippen LogP contribution in [0.5, 0.6) is 0 Å². The second kappa shape index (κ2) is 9.64. The number of hydrogen-bond acceptors (Lipinski definition) is 3. The first-order valence-electron chi connectivity index (χ1n) is 4.75. The topological polar surface area (TPSA) is 35.5 Å². The molecule has 0 amide bonds. The molecule has 10 heteroatoms. The molecule has 0 spiro atoms. The zero-order valence-corrected chi connectivity index (χ0v) is 14.0. The molecule has 0 heterocycles. The van der Waals surface area contributed by atoms with Crippen molar-refractivity contribution in [1.82, 2.24) is 0 Å². The molecule has 0 aliphatic rings. The van der Waals surface area contributed by atoms with Crippen LogP contribution in [0.25, 0.3) is 0 Å². The van der Waals surface area contributed by atoms with E-state index in [1.807, 2.05) is 0 Å². The first kappa shape index (κ1) is 22.0. The highest BCUT2D eigenvalue weighted by atomic mass is 35.5. The molecule has 1 unspecified atom stereocenters. The van der Waals surface area contributed by atoms with Gasteiger partial charge < -0.3 is 9.47 Å². The van der Waals surface area contributed by atoms with Crippen molar-refractivity contribution in [2.45, 2.75) is 34.5 Å². The molecule has 0 rings (SSSR count). The highest BCUT2D eigenvalue weighted by Crippen LogP contribution is 2.47. The SMILES string of the molecule is COCC(C)OC(C)=O.FC(F)(Cl)C(Cl)(Cl)C(Cl)Cl. The quantitative estimate of drug-likeness (QED) is 0.521. The third kappa shape index (κ3) is 10.2. The fraction of sp³-hybridized carbons (Fsp3) is 0.889. The molecule has 1 atom stereocenters. The smallest absolute Gasteiger partial charge is 0.356 e. The van der Waals surface area contributed by atoms with E-state index in [9.17, 15) is 13.6 Å². The Labute approximate surface area is 135 Å². The molecule has 0 bridgehead atoms. The van der Waals surface area contributed by atoms with Gasteiger partial charge in [0.1, 0.15) is 10.9 Å².